The van der Waals surface area contributed by atoms with Crippen molar-refractivity contribution in [3.8, 4) is 11.5 Å². The molecule has 0 radical (unpaired) electrons. The van der Waals surface area contributed by atoms with Gasteiger partial charge < -0.3 is 9.47 Å². The second-order valence-electron chi connectivity index (χ2n) is 8.19. The van der Waals surface area contributed by atoms with E-state index in [1.54, 1.807) is 24.5 Å². The molecule has 4 aromatic heterocycles. The maximum Gasteiger partial charge on any atom is 0.233 e. The van der Waals surface area contributed by atoms with Crippen molar-refractivity contribution in [3.05, 3.63) is 129 Å². The van der Waals surface area contributed by atoms with Crippen LogP contribution < -0.4 is 9.47 Å². The third kappa shape index (κ3) is 6.38. The van der Waals surface area contributed by atoms with Crippen molar-refractivity contribution in [1.29, 1.82) is 0 Å². The minimum Gasteiger partial charge on any atom is -0.487 e. The van der Waals surface area contributed by atoms with Crippen LogP contribution in [0.3, 0.4) is 0 Å². The van der Waals surface area contributed by atoms with Gasteiger partial charge in [-0.3, -0.25) is 0 Å². The third-order valence-electron chi connectivity index (χ3n) is 5.43. The van der Waals surface area contributed by atoms with Crippen molar-refractivity contribution < 1.29 is 18.3 Å². The van der Waals surface area contributed by atoms with Gasteiger partial charge in [0, 0.05) is 27.3 Å². The monoisotopic (exact) mass is 640 g/mol. The summed E-state index contributed by atoms with van der Waals surface area (Å²) in [7, 11) is 0. The highest BCUT2D eigenvalue weighted by atomic mass is 79.9. The standard InChI is InChI=1S/2C14H10BrFN2O/c15-11-6-13(12-7-14(16)17-18(12)8-11)19-9-10-4-2-1-3-5-10;15-12-6-11(8-18-13(12)7-14(16)17-18)19-9-10-4-2-1-3-5-10/h2*1-8H,9H2. The molecule has 0 N–H and O–H groups in total. The Balaban J connectivity index is 0.000000155. The van der Waals surface area contributed by atoms with E-state index in [0.29, 0.717) is 35.7 Å². The topological polar surface area (TPSA) is 53.1 Å². The molecular weight excluding hydrogens is 622 g/mol. The zero-order chi connectivity index (χ0) is 26.5. The number of aromatic nitrogens is 4. The highest BCUT2D eigenvalue weighted by Gasteiger charge is 2.09. The summed E-state index contributed by atoms with van der Waals surface area (Å²) >= 11 is 6.74. The van der Waals surface area contributed by atoms with Gasteiger partial charge in [-0.05, 0) is 55.1 Å². The summed E-state index contributed by atoms with van der Waals surface area (Å²) in [4.78, 5) is 0. The summed E-state index contributed by atoms with van der Waals surface area (Å²) in [6, 6.07) is 26.0. The van der Waals surface area contributed by atoms with Gasteiger partial charge in [0.1, 0.15) is 30.2 Å². The first-order valence-electron chi connectivity index (χ1n) is 11.5. The largest absolute Gasteiger partial charge is 0.487 e. The average molecular weight is 642 g/mol. The first-order chi connectivity index (χ1) is 18.4. The molecule has 6 aromatic rings. The Morgan fingerprint density at radius 3 is 1.84 bits per heavy atom. The quantitative estimate of drug-likeness (QED) is 0.188. The van der Waals surface area contributed by atoms with Gasteiger partial charge in [-0.25, -0.2) is 9.03 Å². The van der Waals surface area contributed by atoms with Crippen molar-refractivity contribution in [1.82, 2.24) is 19.2 Å². The molecule has 0 spiro atoms. The summed E-state index contributed by atoms with van der Waals surface area (Å²) in [5.74, 6) is 0.185. The van der Waals surface area contributed by atoms with Crippen molar-refractivity contribution in [3.63, 3.8) is 0 Å². The van der Waals surface area contributed by atoms with Crippen LogP contribution in [-0.4, -0.2) is 19.2 Å². The maximum absolute atomic E-state index is 13.2. The van der Waals surface area contributed by atoms with Crippen LogP contribution in [-0.2, 0) is 13.2 Å². The Morgan fingerprint density at radius 1 is 0.658 bits per heavy atom. The molecule has 0 saturated heterocycles. The van der Waals surface area contributed by atoms with Crippen LogP contribution in [0.1, 0.15) is 11.1 Å². The summed E-state index contributed by atoms with van der Waals surface area (Å²) in [6.07, 6.45) is 3.35. The number of hydrogen-bond acceptors (Lipinski definition) is 4. The van der Waals surface area contributed by atoms with Crippen LogP contribution in [0.4, 0.5) is 8.78 Å². The highest BCUT2D eigenvalue weighted by Crippen LogP contribution is 2.26. The predicted molar refractivity (Wildman–Crippen MR) is 147 cm³/mol. The number of pyridine rings is 2. The van der Waals surface area contributed by atoms with E-state index in [1.807, 2.05) is 60.7 Å². The molecule has 0 aliphatic heterocycles. The Bertz CT molecular complexity index is 1670. The third-order valence-corrected chi connectivity index (χ3v) is 6.50. The molecule has 0 atom stereocenters. The lowest BCUT2D eigenvalue weighted by Crippen LogP contribution is -1.97. The van der Waals surface area contributed by atoms with E-state index < -0.39 is 11.9 Å². The molecule has 2 aromatic carbocycles. The number of fused-ring (bicyclic) bond motifs is 2. The number of benzene rings is 2. The van der Waals surface area contributed by atoms with Crippen molar-refractivity contribution in [2.45, 2.75) is 13.2 Å². The molecule has 6 rings (SSSR count). The van der Waals surface area contributed by atoms with Crippen molar-refractivity contribution in [2.24, 2.45) is 0 Å². The van der Waals surface area contributed by atoms with Crippen LogP contribution in [0.2, 0.25) is 0 Å². The van der Waals surface area contributed by atoms with E-state index in [2.05, 4.69) is 42.1 Å². The Labute approximate surface area is 233 Å². The minimum atomic E-state index is -0.525. The number of rotatable bonds is 6. The van der Waals surface area contributed by atoms with E-state index >= 15 is 0 Å². The van der Waals surface area contributed by atoms with E-state index in [1.165, 1.54) is 21.2 Å². The van der Waals surface area contributed by atoms with E-state index in [4.69, 9.17) is 9.47 Å². The van der Waals surface area contributed by atoms with Crippen LogP contribution >= 0.6 is 31.9 Å². The molecule has 0 amide bonds. The van der Waals surface area contributed by atoms with Crippen LogP contribution in [0.25, 0.3) is 11.0 Å². The van der Waals surface area contributed by atoms with Crippen molar-refractivity contribution >= 4 is 42.9 Å². The lowest BCUT2D eigenvalue weighted by molar-refractivity contribution is 0.304. The molecule has 6 nitrogen and oxygen atoms in total. The van der Waals surface area contributed by atoms with Gasteiger partial charge in [0.15, 0.2) is 0 Å². The van der Waals surface area contributed by atoms with E-state index in [0.717, 1.165) is 20.1 Å². The van der Waals surface area contributed by atoms with Gasteiger partial charge >= 0.3 is 0 Å². The smallest absolute Gasteiger partial charge is 0.233 e. The SMILES string of the molecule is Fc1cc2c(Br)cc(OCc3ccccc3)cn2n1.Fc1cc2c(OCc3ccccc3)cc(Br)cn2n1. The van der Waals surface area contributed by atoms with Crippen LogP contribution in [0.5, 0.6) is 11.5 Å². The van der Waals surface area contributed by atoms with Gasteiger partial charge in [-0.2, -0.15) is 8.78 Å². The zero-order valence-electron chi connectivity index (χ0n) is 19.8. The first-order valence-corrected chi connectivity index (χ1v) is 13.1. The summed E-state index contributed by atoms with van der Waals surface area (Å²) in [5.41, 5.74) is 3.41. The van der Waals surface area contributed by atoms with E-state index in [9.17, 15) is 8.78 Å². The second kappa shape index (κ2) is 11.7. The minimum absolute atomic E-state index is 0.430. The van der Waals surface area contributed by atoms with Crippen LogP contribution in [0, 0.1) is 11.9 Å². The summed E-state index contributed by atoms with van der Waals surface area (Å²) in [5, 5.41) is 7.46. The van der Waals surface area contributed by atoms with Gasteiger partial charge in [0.05, 0.1) is 11.7 Å². The molecule has 0 fully saturated rings. The zero-order valence-corrected chi connectivity index (χ0v) is 22.9. The number of nitrogens with zero attached hydrogens (tertiary/aromatic N) is 4. The molecule has 0 aliphatic rings. The second-order valence-corrected chi connectivity index (χ2v) is 9.96. The first kappa shape index (κ1) is 25.9. The molecule has 38 heavy (non-hydrogen) atoms. The maximum atomic E-state index is 13.2. The normalized spacial score (nSPS) is 10.8. The van der Waals surface area contributed by atoms with Crippen LogP contribution in [0.15, 0.2) is 106 Å². The van der Waals surface area contributed by atoms with E-state index in [-0.39, 0.29) is 0 Å². The molecular formula is C28H20Br2F2N4O2. The fraction of sp³-hybridized carbons (Fsp3) is 0.0714. The molecule has 4 heterocycles. The highest BCUT2D eigenvalue weighted by molar-refractivity contribution is 9.11. The number of hydrogen-bond donors (Lipinski definition) is 0. The Hall–Kier alpha value is -3.76. The fourth-order valence-electron chi connectivity index (χ4n) is 3.67. The van der Waals surface area contributed by atoms with Gasteiger partial charge in [0.2, 0.25) is 11.9 Å². The molecule has 0 aliphatic carbocycles. The van der Waals surface area contributed by atoms with Gasteiger partial charge in [0.25, 0.3) is 0 Å². The Morgan fingerprint density at radius 2 is 1.21 bits per heavy atom. The van der Waals surface area contributed by atoms with Gasteiger partial charge in [-0.15, -0.1) is 10.2 Å². The lowest BCUT2D eigenvalue weighted by atomic mass is 10.2. The van der Waals surface area contributed by atoms with Crippen molar-refractivity contribution in [2.75, 3.05) is 0 Å². The predicted octanol–water partition coefficient (Wildman–Crippen LogP) is 7.63. The summed E-state index contributed by atoms with van der Waals surface area (Å²) in [6.45, 7) is 0.891. The molecule has 192 valence electrons. The molecule has 10 heteroatoms. The summed E-state index contributed by atoms with van der Waals surface area (Å²) < 4.78 is 42.1. The van der Waals surface area contributed by atoms with Gasteiger partial charge in [-0.1, -0.05) is 60.7 Å². The molecule has 0 saturated carbocycles. The number of halogens is 4. The molecule has 0 bridgehead atoms. The average Bonchev–Trinajstić information content (AvgIpc) is 3.49. The Kier molecular flexibility index (Phi) is 8.00. The fourth-order valence-corrected chi connectivity index (χ4v) is 4.59. The lowest BCUT2D eigenvalue weighted by Gasteiger charge is -2.08. The molecule has 0 unspecified atom stereocenters. The number of ether oxygens (including phenoxy) is 2.